The third-order valence-electron chi connectivity index (χ3n) is 3.48. The number of nitrogens with two attached hydrogens (primary N) is 1. The Morgan fingerprint density at radius 1 is 1.21 bits per heavy atom. The summed E-state index contributed by atoms with van der Waals surface area (Å²) in [6.45, 7) is 3.60. The summed E-state index contributed by atoms with van der Waals surface area (Å²) in [6, 6.07) is 13.4. The maximum atomic E-state index is 12.4. The molecule has 7 heteroatoms. The van der Waals surface area contributed by atoms with Gasteiger partial charge in [0, 0.05) is 5.69 Å². The number of ether oxygens (including phenoxy) is 1. The van der Waals surface area contributed by atoms with E-state index in [1.165, 1.54) is 12.1 Å². The molecule has 2 aromatic carbocycles. The molecule has 128 valence electrons. The predicted octanol–water partition coefficient (Wildman–Crippen LogP) is 2.44. The van der Waals surface area contributed by atoms with Crippen LogP contribution in [-0.4, -0.2) is 20.4 Å². The highest BCUT2D eigenvalue weighted by Gasteiger charge is 2.20. The van der Waals surface area contributed by atoms with Crippen molar-refractivity contribution in [2.45, 2.75) is 31.3 Å². The van der Waals surface area contributed by atoms with Crippen molar-refractivity contribution in [2.75, 3.05) is 5.32 Å². The minimum absolute atomic E-state index is 0.0552. The van der Waals surface area contributed by atoms with Crippen molar-refractivity contribution in [1.82, 2.24) is 0 Å². The Labute approximate surface area is 141 Å². The largest absolute Gasteiger partial charge is 0.481 e. The van der Waals surface area contributed by atoms with E-state index in [0.29, 0.717) is 17.9 Å². The molecule has 0 radical (unpaired) electrons. The monoisotopic (exact) mass is 348 g/mol. The molecular weight excluding hydrogens is 328 g/mol. The Bertz CT molecular complexity index is 820. The number of para-hydroxylation sites is 1. The van der Waals surface area contributed by atoms with Crippen LogP contribution in [0.4, 0.5) is 5.69 Å². The number of benzene rings is 2. The van der Waals surface area contributed by atoms with E-state index in [4.69, 9.17) is 9.88 Å². The van der Waals surface area contributed by atoms with Gasteiger partial charge in [-0.15, -0.1) is 0 Å². The highest BCUT2D eigenvalue weighted by molar-refractivity contribution is 7.89. The first-order chi connectivity index (χ1) is 11.3. The van der Waals surface area contributed by atoms with Crippen LogP contribution in [0.1, 0.15) is 18.9 Å². The van der Waals surface area contributed by atoms with Crippen LogP contribution in [0.3, 0.4) is 0 Å². The van der Waals surface area contributed by atoms with Gasteiger partial charge in [-0.25, -0.2) is 13.6 Å². The molecule has 2 rings (SSSR count). The normalized spacial score (nSPS) is 12.5. The summed E-state index contributed by atoms with van der Waals surface area (Å²) < 4.78 is 28.6. The SMILES string of the molecule is CC[C@@H](Oc1ccccc1)C(=O)Nc1cc(S(N)(=O)=O)ccc1C. The molecule has 2 aromatic rings. The molecular formula is C17H20N2O4S. The Hall–Kier alpha value is -2.38. The second kappa shape index (κ2) is 7.46. The first-order valence-corrected chi connectivity index (χ1v) is 9.02. The van der Waals surface area contributed by atoms with Crippen LogP contribution in [0.25, 0.3) is 0 Å². The standard InChI is InChI=1S/C17H20N2O4S/c1-3-16(23-13-7-5-4-6-8-13)17(20)19-15-11-14(24(18,21)22)10-9-12(15)2/h4-11,16H,3H2,1-2H3,(H,19,20)(H2,18,21,22)/t16-/m1/s1. The van der Waals surface area contributed by atoms with Crippen molar-refractivity contribution in [3.63, 3.8) is 0 Å². The number of sulfonamides is 1. The second-order valence-corrected chi connectivity index (χ2v) is 6.90. The molecule has 0 heterocycles. The molecule has 0 aliphatic heterocycles. The van der Waals surface area contributed by atoms with E-state index in [0.717, 1.165) is 5.56 Å². The Morgan fingerprint density at radius 3 is 2.46 bits per heavy atom. The molecule has 3 N–H and O–H groups in total. The molecule has 24 heavy (non-hydrogen) atoms. The zero-order chi connectivity index (χ0) is 17.7. The molecule has 0 unspecified atom stereocenters. The number of nitrogens with one attached hydrogen (secondary N) is 1. The van der Waals surface area contributed by atoms with E-state index >= 15 is 0 Å². The summed E-state index contributed by atoms with van der Waals surface area (Å²) in [5.74, 6) is 0.241. The Balaban J connectivity index is 2.18. The van der Waals surface area contributed by atoms with Crippen molar-refractivity contribution in [3.8, 4) is 5.75 Å². The van der Waals surface area contributed by atoms with Crippen molar-refractivity contribution in [3.05, 3.63) is 54.1 Å². The fraction of sp³-hybridized carbons (Fsp3) is 0.235. The number of hydrogen-bond acceptors (Lipinski definition) is 4. The van der Waals surface area contributed by atoms with Crippen LogP contribution >= 0.6 is 0 Å². The summed E-state index contributed by atoms with van der Waals surface area (Å²) in [7, 11) is -3.83. The fourth-order valence-electron chi connectivity index (χ4n) is 2.11. The van der Waals surface area contributed by atoms with Gasteiger partial charge in [0.2, 0.25) is 10.0 Å². The summed E-state index contributed by atoms with van der Waals surface area (Å²) >= 11 is 0. The zero-order valence-electron chi connectivity index (χ0n) is 13.5. The van der Waals surface area contributed by atoms with E-state index in [2.05, 4.69) is 5.32 Å². The van der Waals surface area contributed by atoms with Gasteiger partial charge in [0.1, 0.15) is 5.75 Å². The lowest BCUT2D eigenvalue weighted by atomic mass is 10.2. The van der Waals surface area contributed by atoms with Crippen molar-refractivity contribution >= 4 is 21.6 Å². The van der Waals surface area contributed by atoms with Crippen LogP contribution in [0, 0.1) is 6.92 Å². The lowest BCUT2D eigenvalue weighted by Crippen LogP contribution is -2.32. The third-order valence-corrected chi connectivity index (χ3v) is 4.39. The summed E-state index contributed by atoms with van der Waals surface area (Å²) in [6.07, 6.45) is -0.223. The average molecular weight is 348 g/mol. The molecule has 0 aromatic heterocycles. The molecule has 0 aliphatic carbocycles. The Kier molecular flexibility index (Phi) is 5.58. The van der Waals surface area contributed by atoms with Crippen LogP contribution in [0.2, 0.25) is 0 Å². The molecule has 0 spiro atoms. The number of aryl methyl sites for hydroxylation is 1. The van der Waals surface area contributed by atoms with Gasteiger partial charge in [0.05, 0.1) is 4.90 Å². The van der Waals surface area contributed by atoms with Crippen molar-refractivity contribution in [2.24, 2.45) is 5.14 Å². The molecule has 0 bridgehead atoms. The lowest BCUT2D eigenvalue weighted by molar-refractivity contribution is -0.122. The minimum atomic E-state index is -3.83. The number of hydrogen-bond donors (Lipinski definition) is 2. The van der Waals surface area contributed by atoms with E-state index < -0.39 is 16.1 Å². The molecule has 0 saturated carbocycles. The highest BCUT2D eigenvalue weighted by Crippen LogP contribution is 2.21. The van der Waals surface area contributed by atoms with Gasteiger partial charge in [0.25, 0.3) is 5.91 Å². The van der Waals surface area contributed by atoms with E-state index in [-0.39, 0.29) is 10.8 Å². The van der Waals surface area contributed by atoms with E-state index in [9.17, 15) is 13.2 Å². The van der Waals surface area contributed by atoms with Gasteiger partial charge in [0.15, 0.2) is 6.10 Å². The smallest absolute Gasteiger partial charge is 0.265 e. The number of amides is 1. The molecule has 1 amide bonds. The van der Waals surface area contributed by atoms with Crippen molar-refractivity contribution < 1.29 is 17.9 Å². The van der Waals surface area contributed by atoms with Crippen LogP contribution < -0.4 is 15.2 Å². The number of rotatable bonds is 6. The Morgan fingerprint density at radius 2 is 1.88 bits per heavy atom. The minimum Gasteiger partial charge on any atom is -0.481 e. The molecule has 6 nitrogen and oxygen atoms in total. The highest BCUT2D eigenvalue weighted by atomic mass is 32.2. The third kappa shape index (κ3) is 4.56. The van der Waals surface area contributed by atoms with Gasteiger partial charge in [-0.1, -0.05) is 31.2 Å². The van der Waals surface area contributed by atoms with Crippen LogP contribution in [-0.2, 0) is 14.8 Å². The molecule has 1 atom stereocenters. The van der Waals surface area contributed by atoms with Gasteiger partial charge < -0.3 is 10.1 Å². The zero-order valence-corrected chi connectivity index (χ0v) is 14.3. The number of anilines is 1. The molecule has 0 fully saturated rings. The van der Waals surface area contributed by atoms with Gasteiger partial charge in [-0.2, -0.15) is 0 Å². The van der Waals surface area contributed by atoms with E-state index in [1.54, 1.807) is 25.1 Å². The lowest BCUT2D eigenvalue weighted by Gasteiger charge is -2.18. The van der Waals surface area contributed by atoms with Crippen LogP contribution in [0.15, 0.2) is 53.4 Å². The summed E-state index contributed by atoms with van der Waals surface area (Å²) in [4.78, 5) is 12.4. The number of primary sulfonamides is 1. The second-order valence-electron chi connectivity index (χ2n) is 5.34. The maximum Gasteiger partial charge on any atom is 0.265 e. The topological polar surface area (TPSA) is 98.5 Å². The van der Waals surface area contributed by atoms with Crippen LogP contribution in [0.5, 0.6) is 5.75 Å². The quantitative estimate of drug-likeness (QED) is 0.837. The summed E-state index contributed by atoms with van der Waals surface area (Å²) in [5.41, 5.74) is 1.12. The molecule has 0 saturated heterocycles. The van der Waals surface area contributed by atoms with Crippen molar-refractivity contribution in [1.29, 1.82) is 0 Å². The average Bonchev–Trinajstić information content (AvgIpc) is 2.54. The van der Waals surface area contributed by atoms with Gasteiger partial charge >= 0.3 is 0 Å². The first kappa shape index (κ1) is 18.0. The fourth-order valence-corrected chi connectivity index (χ4v) is 2.65. The summed E-state index contributed by atoms with van der Waals surface area (Å²) in [5, 5.41) is 7.84. The number of carbonyl (C=O) groups excluding carboxylic acids is 1. The number of carbonyl (C=O) groups is 1. The molecule has 0 aliphatic rings. The first-order valence-electron chi connectivity index (χ1n) is 7.47. The van der Waals surface area contributed by atoms with Gasteiger partial charge in [-0.3, -0.25) is 4.79 Å². The van der Waals surface area contributed by atoms with E-state index in [1.807, 2.05) is 25.1 Å². The predicted molar refractivity (Wildman–Crippen MR) is 92.3 cm³/mol. The van der Waals surface area contributed by atoms with Gasteiger partial charge in [-0.05, 0) is 43.2 Å². The maximum absolute atomic E-state index is 12.4.